The van der Waals surface area contributed by atoms with Gasteiger partial charge in [0, 0.05) is 12.8 Å². The Balaban J connectivity index is 3.45. The second-order valence-corrected chi connectivity index (χ2v) is 26.0. The molecule has 1 amide bonds. The van der Waals surface area contributed by atoms with Gasteiger partial charge in [-0.15, -0.1) is 0 Å². The van der Waals surface area contributed by atoms with Crippen molar-refractivity contribution in [3.05, 3.63) is 36.5 Å². The summed E-state index contributed by atoms with van der Waals surface area (Å²) in [6.07, 6.45) is 93.8. The minimum Gasteiger partial charge on any atom is -0.466 e. The zero-order valence-corrected chi connectivity index (χ0v) is 56.2. The van der Waals surface area contributed by atoms with Crippen LogP contribution in [0.4, 0.5) is 0 Å². The fourth-order valence-corrected chi connectivity index (χ4v) is 11.9. The molecule has 0 aliphatic heterocycles. The predicted octanol–water partition coefficient (Wildman–Crippen LogP) is 24.7. The molecule has 0 aromatic carbocycles. The molecule has 0 aromatic rings. The maximum Gasteiger partial charge on any atom is 0.305 e. The Morgan fingerprint density at radius 2 is 0.602 bits per heavy atom. The van der Waals surface area contributed by atoms with Crippen molar-refractivity contribution in [2.24, 2.45) is 0 Å². The van der Waals surface area contributed by atoms with Crippen LogP contribution in [0.3, 0.4) is 0 Å². The molecule has 6 nitrogen and oxygen atoms in total. The zero-order valence-electron chi connectivity index (χ0n) is 56.2. The molecule has 83 heavy (non-hydrogen) atoms. The van der Waals surface area contributed by atoms with Crippen LogP contribution in [0.1, 0.15) is 418 Å². The van der Waals surface area contributed by atoms with Gasteiger partial charge in [0.05, 0.1) is 25.4 Å². The van der Waals surface area contributed by atoms with Crippen LogP contribution in [0.25, 0.3) is 0 Å². The first-order valence-electron chi connectivity index (χ1n) is 37.8. The highest BCUT2D eigenvalue weighted by molar-refractivity contribution is 5.76. The predicted molar refractivity (Wildman–Crippen MR) is 366 cm³/mol. The number of carbonyl (C=O) groups excluding carboxylic acids is 2. The molecule has 0 aromatic heterocycles. The van der Waals surface area contributed by atoms with E-state index in [1.54, 1.807) is 6.08 Å². The van der Waals surface area contributed by atoms with Gasteiger partial charge in [-0.25, -0.2) is 0 Å². The molecule has 0 aliphatic carbocycles. The number of ether oxygens (including phenoxy) is 1. The van der Waals surface area contributed by atoms with Crippen LogP contribution in [0.15, 0.2) is 36.5 Å². The van der Waals surface area contributed by atoms with E-state index in [1.807, 2.05) is 6.08 Å². The largest absolute Gasteiger partial charge is 0.466 e. The van der Waals surface area contributed by atoms with Crippen LogP contribution in [-0.4, -0.2) is 47.4 Å². The van der Waals surface area contributed by atoms with Crippen LogP contribution >= 0.6 is 0 Å². The van der Waals surface area contributed by atoms with Gasteiger partial charge in [-0.05, 0) is 64.2 Å². The Labute approximate surface area is 519 Å². The number of aliphatic hydroxyl groups excluding tert-OH is 2. The van der Waals surface area contributed by atoms with Gasteiger partial charge in [-0.1, -0.05) is 378 Å². The molecule has 0 heterocycles. The summed E-state index contributed by atoms with van der Waals surface area (Å²) in [5, 5.41) is 23.3. The zero-order chi connectivity index (χ0) is 59.9. The van der Waals surface area contributed by atoms with Gasteiger partial charge in [0.2, 0.25) is 5.91 Å². The molecular formula is C77H147NO5. The average Bonchev–Trinajstić information content (AvgIpc) is 3.49. The van der Waals surface area contributed by atoms with E-state index in [-0.39, 0.29) is 18.5 Å². The lowest BCUT2D eigenvalue weighted by Gasteiger charge is -2.20. The topological polar surface area (TPSA) is 95.9 Å². The highest BCUT2D eigenvalue weighted by Crippen LogP contribution is 2.19. The lowest BCUT2D eigenvalue weighted by Crippen LogP contribution is -2.45. The van der Waals surface area contributed by atoms with Crippen molar-refractivity contribution in [2.75, 3.05) is 13.2 Å². The third kappa shape index (κ3) is 69.1. The number of nitrogens with one attached hydrogen (secondary N) is 1. The normalized spacial score (nSPS) is 12.7. The molecule has 0 spiro atoms. The Morgan fingerprint density at radius 3 is 0.916 bits per heavy atom. The molecule has 0 saturated carbocycles. The number of rotatable bonds is 71. The van der Waals surface area contributed by atoms with Crippen molar-refractivity contribution >= 4 is 11.9 Å². The summed E-state index contributed by atoms with van der Waals surface area (Å²) >= 11 is 0. The minimum absolute atomic E-state index is 0.0122. The average molecular weight is 1170 g/mol. The lowest BCUT2D eigenvalue weighted by molar-refractivity contribution is -0.143. The lowest BCUT2D eigenvalue weighted by atomic mass is 10.0. The third-order valence-corrected chi connectivity index (χ3v) is 17.7. The summed E-state index contributed by atoms with van der Waals surface area (Å²) in [5.74, 6) is -0.0620. The van der Waals surface area contributed by atoms with E-state index in [0.717, 1.165) is 57.8 Å². The second kappa shape index (κ2) is 72.6. The van der Waals surface area contributed by atoms with Crippen LogP contribution < -0.4 is 5.32 Å². The molecule has 490 valence electrons. The van der Waals surface area contributed by atoms with E-state index in [9.17, 15) is 19.8 Å². The number of unbranched alkanes of at least 4 members (excludes halogenated alkanes) is 56. The van der Waals surface area contributed by atoms with Crippen molar-refractivity contribution < 1.29 is 24.5 Å². The van der Waals surface area contributed by atoms with Crippen LogP contribution in [0, 0.1) is 0 Å². The van der Waals surface area contributed by atoms with Gasteiger partial charge in [0.1, 0.15) is 0 Å². The molecule has 0 fully saturated rings. The van der Waals surface area contributed by atoms with Gasteiger partial charge in [0.15, 0.2) is 0 Å². The fraction of sp³-hybridized carbons (Fsp3) is 0.896. The van der Waals surface area contributed by atoms with E-state index in [4.69, 9.17) is 4.74 Å². The minimum atomic E-state index is -0.853. The van der Waals surface area contributed by atoms with Crippen molar-refractivity contribution in [1.82, 2.24) is 5.32 Å². The molecule has 2 atom stereocenters. The number of hydrogen-bond donors (Lipinski definition) is 3. The Bertz CT molecular complexity index is 1340. The summed E-state index contributed by atoms with van der Waals surface area (Å²) < 4.78 is 5.51. The smallest absolute Gasteiger partial charge is 0.305 e. The Morgan fingerprint density at radius 1 is 0.337 bits per heavy atom. The first-order chi connectivity index (χ1) is 41.0. The summed E-state index contributed by atoms with van der Waals surface area (Å²) in [7, 11) is 0. The van der Waals surface area contributed by atoms with E-state index >= 15 is 0 Å². The van der Waals surface area contributed by atoms with Gasteiger partial charge in [-0.2, -0.15) is 0 Å². The van der Waals surface area contributed by atoms with Crippen LogP contribution in [0.2, 0.25) is 0 Å². The fourth-order valence-electron chi connectivity index (χ4n) is 11.9. The molecule has 6 heteroatoms. The van der Waals surface area contributed by atoms with Crippen molar-refractivity contribution in [2.45, 2.75) is 431 Å². The van der Waals surface area contributed by atoms with Crippen LogP contribution in [-0.2, 0) is 14.3 Å². The maximum atomic E-state index is 12.5. The molecule has 0 rings (SSSR count). The number of hydrogen-bond acceptors (Lipinski definition) is 5. The monoisotopic (exact) mass is 1170 g/mol. The summed E-state index contributed by atoms with van der Waals surface area (Å²) in [4.78, 5) is 24.7. The summed E-state index contributed by atoms with van der Waals surface area (Å²) in [6, 6.07) is -0.638. The summed E-state index contributed by atoms with van der Waals surface area (Å²) in [6.45, 7) is 4.94. The first kappa shape index (κ1) is 81.1. The van der Waals surface area contributed by atoms with E-state index < -0.39 is 12.1 Å². The number of aliphatic hydroxyl groups is 2. The maximum absolute atomic E-state index is 12.5. The van der Waals surface area contributed by atoms with E-state index in [1.165, 1.54) is 334 Å². The first-order valence-corrected chi connectivity index (χ1v) is 37.8. The van der Waals surface area contributed by atoms with Crippen molar-refractivity contribution in [3.63, 3.8) is 0 Å². The van der Waals surface area contributed by atoms with Gasteiger partial charge < -0.3 is 20.3 Å². The van der Waals surface area contributed by atoms with Gasteiger partial charge in [-0.3, -0.25) is 9.59 Å². The highest BCUT2D eigenvalue weighted by atomic mass is 16.5. The second-order valence-electron chi connectivity index (χ2n) is 26.0. The molecule has 0 radical (unpaired) electrons. The van der Waals surface area contributed by atoms with Crippen LogP contribution in [0.5, 0.6) is 0 Å². The number of amides is 1. The standard InChI is InChI=1S/C77H147NO5/c1-3-5-7-9-11-13-15-17-19-21-23-24-25-27-30-34-37-41-45-49-53-57-61-65-69-75(80)74(73-79)78-76(81)70-66-62-58-54-50-46-42-38-35-31-28-26-29-32-36-40-44-48-52-56-60-64-68-72-83-77(82)71-67-63-59-55-51-47-43-39-33-22-20-18-16-14-12-10-8-6-4-2/h26,29,31,35,65,69,74-75,79-80H,3-25,27-28,30,32-34,36-64,66-68,70-73H2,1-2H3,(H,78,81)/b29-26-,35-31-,69-65+. The Hall–Kier alpha value is -1.92. The quantitative estimate of drug-likeness (QED) is 0.0320. The van der Waals surface area contributed by atoms with E-state index in [0.29, 0.717) is 19.4 Å². The van der Waals surface area contributed by atoms with Crippen molar-refractivity contribution in [3.8, 4) is 0 Å². The van der Waals surface area contributed by atoms with Crippen molar-refractivity contribution in [1.29, 1.82) is 0 Å². The molecule has 0 bridgehead atoms. The molecule has 0 saturated heterocycles. The van der Waals surface area contributed by atoms with Gasteiger partial charge >= 0.3 is 5.97 Å². The summed E-state index contributed by atoms with van der Waals surface area (Å²) in [5.41, 5.74) is 0. The number of allylic oxidation sites excluding steroid dienone is 5. The molecule has 3 N–H and O–H groups in total. The highest BCUT2D eigenvalue weighted by Gasteiger charge is 2.18. The molecular weight excluding hydrogens is 1020 g/mol. The molecule has 2 unspecified atom stereocenters. The van der Waals surface area contributed by atoms with Gasteiger partial charge in [0.25, 0.3) is 0 Å². The SMILES string of the molecule is CCCCCCCCCCCCCCCCCCCCCCCC/C=C/C(O)C(CO)NC(=O)CCCCCCCCC/C=C\C/C=C\CCCCCCCCCCCOC(=O)CCCCCCCCCCCCCCCCCCCCC. The Kier molecular flexibility index (Phi) is 70.9. The van der Waals surface area contributed by atoms with E-state index in [2.05, 4.69) is 43.5 Å². The third-order valence-electron chi connectivity index (χ3n) is 17.7. The molecule has 0 aliphatic rings. The number of carbonyl (C=O) groups is 2. The number of esters is 1.